The van der Waals surface area contributed by atoms with Crippen molar-refractivity contribution < 1.29 is 0 Å². The second-order valence-electron chi connectivity index (χ2n) is 4.64. The third kappa shape index (κ3) is 2.43. The minimum absolute atomic E-state index is 0.181. The topological polar surface area (TPSA) is 30.7 Å². The number of nitrogens with zero attached hydrogens (tertiary/aromatic N) is 3. The molecule has 0 fully saturated rings. The Morgan fingerprint density at radius 1 is 1.40 bits per heavy atom. The molecule has 20 heavy (non-hydrogen) atoms. The predicted molar refractivity (Wildman–Crippen MR) is 85.0 cm³/mol. The maximum absolute atomic E-state index is 6.33. The Labute approximate surface area is 131 Å². The van der Waals surface area contributed by atoms with Gasteiger partial charge in [0, 0.05) is 11.1 Å². The molecule has 0 aliphatic carbocycles. The number of hydrogen-bond acceptors (Lipinski definition) is 3. The number of alkyl halides is 1. The summed E-state index contributed by atoms with van der Waals surface area (Å²) in [7, 11) is 0. The van der Waals surface area contributed by atoms with Crippen LogP contribution in [0.2, 0.25) is 5.02 Å². The lowest BCUT2D eigenvalue weighted by Gasteiger charge is -2.09. The average molecular weight is 326 g/mol. The second kappa shape index (κ2) is 5.35. The molecule has 0 saturated carbocycles. The molecule has 0 aliphatic rings. The van der Waals surface area contributed by atoms with Crippen molar-refractivity contribution in [3.8, 4) is 0 Å². The van der Waals surface area contributed by atoms with Gasteiger partial charge in [-0.1, -0.05) is 17.7 Å². The molecular formula is C14H13Cl2N3S. The number of hydrogen-bond donors (Lipinski definition) is 0. The maximum Gasteiger partial charge on any atom is 0.128 e. The van der Waals surface area contributed by atoms with Crippen LogP contribution >= 0.6 is 34.5 Å². The summed E-state index contributed by atoms with van der Waals surface area (Å²) in [5.41, 5.74) is 1.79. The first-order valence-corrected chi connectivity index (χ1v) is 7.89. The van der Waals surface area contributed by atoms with Gasteiger partial charge in [0.25, 0.3) is 0 Å². The summed E-state index contributed by atoms with van der Waals surface area (Å²) in [5, 5.41) is 1.53. The van der Waals surface area contributed by atoms with Crippen LogP contribution in [0.1, 0.15) is 28.0 Å². The predicted octanol–water partition coefficient (Wildman–Crippen LogP) is 4.80. The van der Waals surface area contributed by atoms with E-state index in [4.69, 9.17) is 23.2 Å². The van der Waals surface area contributed by atoms with Gasteiger partial charge in [-0.25, -0.2) is 9.97 Å². The minimum atomic E-state index is -0.181. The normalized spacial score (nSPS) is 13.0. The zero-order chi connectivity index (χ0) is 14.3. The lowest BCUT2D eigenvalue weighted by Crippen LogP contribution is -2.05. The number of imidazole rings is 1. The highest BCUT2D eigenvalue weighted by atomic mass is 35.5. The molecule has 0 spiro atoms. The van der Waals surface area contributed by atoms with Crippen LogP contribution in [0, 0.1) is 6.92 Å². The Hall–Kier alpha value is -1.10. The fourth-order valence-corrected chi connectivity index (χ4v) is 3.45. The highest BCUT2D eigenvalue weighted by molar-refractivity contribution is 7.11. The van der Waals surface area contributed by atoms with E-state index in [1.54, 1.807) is 11.3 Å². The molecule has 0 bridgehead atoms. The molecule has 2 aromatic heterocycles. The standard InChI is InChI=1S/C14H13Cl2N3S/c1-8-6-17-12(20-8)7-19-13-10(16)4-3-5-11(13)18-14(19)9(2)15/h3-6,9H,7H2,1-2H3. The Morgan fingerprint density at radius 3 is 2.85 bits per heavy atom. The summed E-state index contributed by atoms with van der Waals surface area (Å²) in [6.07, 6.45) is 1.88. The van der Waals surface area contributed by atoms with Crippen LogP contribution in [0.3, 0.4) is 0 Å². The molecule has 1 atom stereocenters. The number of aromatic nitrogens is 3. The Kier molecular flexibility index (Phi) is 3.71. The fourth-order valence-electron chi connectivity index (χ4n) is 2.23. The van der Waals surface area contributed by atoms with E-state index < -0.39 is 0 Å². The van der Waals surface area contributed by atoms with Crippen molar-refractivity contribution in [1.82, 2.24) is 14.5 Å². The number of benzene rings is 1. The third-order valence-corrected chi connectivity index (χ3v) is 4.46. The zero-order valence-corrected chi connectivity index (χ0v) is 13.4. The van der Waals surface area contributed by atoms with Crippen molar-refractivity contribution in [2.24, 2.45) is 0 Å². The summed E-state index contributed by atoms with van der Waals surface area (Å²) < 4.78 is 2.06. The molecule has 0 amide bonds. The van der Waals surface area contributed by atoms with Crippen LogP contribution in [-0.4, -0.2) is 14.5 Å². The van der Waals surface area contributed by atoms with Crippen molar-refractivity contribution in [3.63, 3.8) is 0 Å². The molecule has 3 nitrogen and oxygen atoms in total. The van der Waals surface area contributed by atoms with Gasteiger partial charge in [0.05, 0.1) is 28.0 Å². The van der Waals surface area contributed by atoms with Crippen molar-refractivity contribution in [2.75, 3.05) is 0 Å². The van der Waals surface area contributed by atoms with Crippen LogP contribution in [0.4, 0.5) is 0 Å². The number of aryl methyl sites for hydroxylation is 1. The molecule has 1 unspecified atom stereocenters. The molecule has 0 N–H and O–H groups in total. The quantitative estimate of drug-likeness (QED) is 0.647. The first kappa shape index (κ1) is 13.9. The van der Waals surface area contributed by atoms with E-state index in [1.807, 2.05) is 38.2 Å². The van der Waals surface area contributed by atoms with Crippen molar-refractivity contribution in [1.29, 1.82) is 0 Å². The SMILES string of the molecule is Cc1cnc(Cn2c(C(C)Cl)nc3cccc(Cl)c32)s1. The van der Waals surface area contributed by atoms with E-state index in [9.17, 15) is 0 Å². The summed E-state index contributed by atoms with van der Waals surface area (Å²) in [6.45, 7) is 4.61. The largest absolute Gasteiger partial charge is 0.319 e. The maximum atomic E-state index is 6.33. The number of para-hydroxylation sites is 1. The van der Waals surface area contributed by atoms with Gasteiger partial charge in [-0.15, -0.1) is 22.9 Å². The van der Waals surface area contributed by atoms with E-state index in [0.29, 0.717) is 11.6 Å². The lowest BCUT2D eigenvalue weighted by atomic mass is 10.3. The van der Waals surface area contributed by atoms with Gasteiger partial charge >= 0.3 is 0 Å². The van der Waals surface area contributed by atoms with Crippen LogP contribution in [0.5, 0.6) is 0 Å². The molecule has 0 aliphatic heterocycles. The first-order valence-electron chi connectivity index (χ1n) is 6.26. The van der Waals surface area contributed by atoms with E-state index in [-0.39, 0.29) is 5.38 Å². The zero-order valence-electron chi connectivity index (χ0n) is 11.1. The van der Waals surface area contributed by atoms with Gasteiger partial charge < -0.3 is 4.57 Å². The average Bonchev–Trinajstić information content (AvgIpc) is 2.95. The van der Waals surface area contributed by atoms with Crippen LogP contribution in [0.15, 0.2) is 24.4 Å². The van der Waals surface area contributed by atoms with Crippen molar-refractivity contribution in [2.45, 2.75) is 25.8 Å². The highest BCUT2D eigenvalue weighted by Gasteiger charge is 2.17. The number of halogens is 2. The smallest absolute Gasteiger partial charge is 0.128 e. The van der Waals surface area contributed by atoms with Crippen molar-refractivity contribution >= 4 is 45.6 Å². The third-order valence-electron chi connectivity index (χ3n) is 3.07. The highest BCUT2D eigenvalue weighted by Crippen LogP contribution is 2.30. The van der Waals surface area contributed by atoms with E-state index in [0.717, 1.165) is 21.9 Å². The Balaban J connectivity index is 2.18. The molecule has 0 radical (unpaired) electrons. The van der Waals surface area contributed by atoms with E-state index in [2.05, 4.69) is 14.5 Å². The molecule has 104 valence electrons. The molecule has 3 rings (SSSR count). The first-order chi connectivity index (χ1) is 9.56. The monoisotopic (exact) mass is 325 g/mol. The van der Waals surface area contributed by atoms with Gasteiger partial charge in [0.1, 0.15) is 10.8 Å². The Morgan fingerprint density at radius 2 is 2.20 bits per heavy atom. The van der Waals surface area contributed by atoms with Gasteiger partial charge in [0.2, 0.25) is 0 Å². The minimum Gasteiger partial charge on any atom is -0.319 e. The molecular weight excluding hydrogens is 313 g/mol. The number of rotatable bonds is 3. The molecule has 0 saturated heterocycles. The summed E-state index contributed by atoms with van der Waals surface area (Å²) in [5.74, 6) is 0.822. The summed E-state index contributed by atoms with van der Waals surface area (Å²) >= 11 is 14.3. The second-order valence-corrected chi connectivity index (χ2v) is 7.03. The van der Waals surface area contributed by atoms with E-state index >= 15 is 0 Å². The lowest BCUT2D eigenvalue weighted by molar-refractivity contribution is 0.738. The molecule has 1 aromatic carbocycles. The van der Waals surface area contributed by atoms with Gasteiger partial charge in [0.15, 0.2) is 0 Å². The van der Waals surface area contributed by atoms with Gasteiger partial charge in [-0.05, 0) is 26.0 Å². The van der Waals surface area contributed by atoms with Gasteiger partial charge in [-0.2, -0.15) is 0 Å². The summed E-state index contributed by atoms with van der Waals surface area (Å²) in [6, 6.07) is 5.73. The number of fused-ring (bicyclic) bond motifs is 1. The van der Waals surface area contributed by atoms with Crippen LogP contribution in [-0.2, 0) is 6.54 Å². The van der Waals surface area contributed by atoms with Crippen LogP contribution < -0.4 is 0 Å². The van der Waals surface area contributed by atoms with Gasteiger partial charge in [-0.3, -0.25) is 0 Å². The fraction of sp³-hybridized carbons (Fsp3) is 0.286. The number of thiazole rings is 1. The Bertz CT molecular complexity index is 761. The molecule has 6 heteroatoms. The van der Waals surface area contributed by atoms with E-state index in [1.165, 1.54) is 4.88 Å². The van der Waals surface area contributed by atoms with Crippen LogP contribution in [0.25, 0.3) is 11.0 Å². The molecule has 3 aromatic rings. The van der Waals surface area contributed by atoms with Crippen molar-refractivity contribution in [3.05, 3.63) is 45.1 Å². The molecule has 2 heterocycles. The summed E-state index contributed by atoms with van der Waals surface area (Å²) in [4.78, 5) is 10.2.